The fourth-order valence-corrected chi connectivity index (χ4v) is 5.58. The number of likely N-dealkylation sites (tertiary alicyclic amines) is 1. The van der Waals surface area contributed by atoms with Crippen molar-refractivity contribution in [3.63, 3.8) is 0 Å². The Labute approximate surface area is 190 Å². The summed E-state index contributed by atoms with van der Waals surface area (Å²) in [5.41, 5.74) is 2.75. The maximum atomic E-state index is 12.7. The molecule has 2 aliphatic heterocycles. The molecule has 2 fully saturated rings. The Balaban J connectivity index is 1.03. The van der Waals surface area contributed by atoms with Crippen LogP contribution < -0.4 is 14.8 Å². The van der Waals surface area contributed by atoms with Crippen molar-refractivity contribution < 1.29 is 19.1 Å². The fourth-order valence-electron chi connectivity index (χ4n) is 5.58. The van der Waals surface area contributed by atoms with Crippen molar-refractivity contribution in [1.29, 1.82) is 0 Å². The number of nitrogens with one attached hydrogen (secondary N) is 1. The number of piperidine rings is 1. The number of hydrogen-bond acceptors (Lipinski definition) is 4. The molecule has 1 spiro atoms. The monoisotopic (exact) mass is 438 g/mol. The molecular formula is C26H34N2O4. The number of carbonyl (C=O) groups is 2. The molecule has 0 unspecified atom stereocenters. The van der Waals surface area contributed by atoms with Gasteiger partial charge in [0.2, 0.25) is 18.6 Å². The topological polar surface area (TPSA) is 67.9 Å². The van der Waals surface area contributed by atoms with E-state index in [9.17, 15) is 9.59 Å². The second kappa shape index (κ2) is 9.16. The highest BCUT2D eigenvalue weighted by Gasteiger charge is 2.58. The lowest BCUT2D eigenvalue weighted by molar-refractivity contribution is -0.132. The standard InChI is InChI=1S/C26H34N2O4/c29-24(9-7-20-6-8-22-23(16-20)32-18-31-22)28-14-11-26(12-15-28)17-21(26)25(30)27-13-10-19-4-2-1-3-5-19/h4,6,8,16,21H,1-3,5,7,9-15,17-18H2,(H,27,30)/t21-/m1/s1. The highest BCUT2D eigenvalue weighted by molar-refractivity contribution is 5.83. The number of ether oxygens (including phenoxy) is 2. The Morgan fingerprint density at radius 3 is 2.75 bits per heavy atom. The van der Waals surface area contributed by atoms with Gasteiger partial charge in [-0.1, -0.05) is 17.7 Å². The van der Waals surface area contributed by atoms with E-state index in [0.717, 1.165) is 62.4 Å². The van der Waals surface area contributed by atoms with Crippen LogP contribution in [0.5, 0.6) is 11.5 Å². The van der Waals surface area contributed by atoms with Gasteiger partial charge in [0.05, 0.1) is 0 Å². The summed E-state index contributed by atoms with van der Waals surface area (Å²) in [5.74, 6) is 2.12. The molecule has 4 aliphatic rings. The summed E-state index contributed by atoms with van der Waals surface area (Å²) in [6.45, 7) is 2.58. The van der Waals surface area contributed by atoms with E-state index in [1.54, 1.807) is 0 Å². The average molecular weight is 439 g/mol. The molecule has 32 heavy (non-hydrogen) atoms. The summed E-state index contributed by atoms with van der Waals surface area (Å²) in [5, 5.41) is 3.17. The van der Waals surface area contributed by atoms with Gasteiger partial charge in [-0.3, -0.25) is 9.59 Å². The first-order valence-corrected chi connectivity index (χ1v) is 12.2. The molecule has 1 N–H and O–H groups in total. The molecular weight excluding hydrogens is 404 g/mol. The van der Waals surface area contributed by atoms with Crippen LogP contribution in [-0.4, -0.2) is 43.1 Å². The maximum absolute atomic E-state index is 12.7. The summed E-state index contributed by atoms with van der Waals surface area (Å²) in [6.07, 6.45) is 12.4. The smallest absolute Gasteiger partial charge is 0.231 e. The first-order valence-electron chi connectivity index (χ1n) is 12.2. The third kappa shape index (κ3) is 4.64. The van der Waals surface area contributed by atoms with Gasteiger partial charge in [0, 0.05) is 32.0 Å². The van der Waals surface area contributed by atoms with E-state index >= 15 is 0 Å². The Morgan fingerprint density at radius 2 is 1.94 bits per heavy atom. The molecule has 1 saturated heterocycles. The van der Waals surface area contributed by atoms with E-state index in [0.29, 0.717) is 12.8 Å². The van der Waals surface area contributed by atoms with Gasteiger partial charge in [0.25, 0.3) is 0 Å². The van der Waals surface area contributed by atoms with E-state index in [-0.39, 0.29) is 29.9 Å². The first-order chi connectivity index (χ1) is 15.6. The van der Waals surface area contributed by atoms with E-state index in [2.05, 4.69) is 11.4 Å². The van der Waals surface area contributed by atoms with Crippen LogP contribution in [0.15, 0.2) is 29.8 Å². The molecule has 1 aromatic carbocycles. The third-order valence-corrected chi connectivity index (χ3v) is 7.81. The van der Waals surface area contributed by atoms with Crippen LogP contribution in [0, 0.1) is 11.3 Å². The van der Waals surface area contributed by atoms with Crippen molar-refractivity contribution in [2.45, 2.75) is 64.2 Å². The van der Waals surface area contributed by atoms with Crippen molar-refractivity contribution in [3.8, 4) is 11.5 Å². The van der Waals surface area contributed by atoms with Crippen LogP contribution >= 0.6 is 0 Å². The van der Waals surface area contributed by atoms with Crippen LogP contribution in [0.4, 0.5) is 0 Å². The molecule has 172 valence electrons. The van der Waals surface area contributed by atoms with Gasteiger partial charge in [0.1, 0.15) is 0 Å². The summed E-state index contributed by atoms with van der Waals surface area (Å²) >= 11 is 0. The number of rotatable bonds is 7. The number of aryl methyl sites for hydroxylation is 1. The predicted octanol–water partition coefficient (Wildman–Crippen LogP) is 3.98. The Hall–Kier alpha value is -2.50. The summed E-state index contributed by atoms with van der Waals surface area (Å²) in [6, 6.07) is 5.89. The summed E-state index contributed by atoms with van der Waals surface area (Å²) < 4.78 is 10.8. The molecule has 1 saturated carbocycles. The molecule has 2 heterocycles. The number of hydrogen-bond donors (Lipinski definition) is 1. The second-order valence-electron chi connectivity index (χ2n) is 9.84. The molecule has 1 aromatic rings. The maximum Gasteiger partial charge on any atom is 0.231 e. The molecule has 0 aromatic heterocycles. The molecule has 1 atom stereocenters. The first kappa shape index (κ1) is 21.4. The van der Waals surface area contributed by atoms with Crippen LogP contribution in [0.3, 0.4) is 0 Å². The number of fused-ring (bicyclic) bond motifs is 1. The zero-order valence-corrected chi connectivity index (χ0v) is 18.9. The van der Waals surface area contributed by atoms with Crippen molar-refractivity contribution >= 4 is 11.8 Å². The number of amides is 2. The van der Waals surface area contributed by atoms with Gasteiger partial charge < -0.3 is 19.7 Å². The SMILES string of the molecule is O=C(NCCC1=CCCCC1)[C@H]1CC12CCN(C(=O)CCc1ccc3c(c1)OCO3)CC2. The quantitative estimate of drug-likeness (QED) is 0.654. The third-order valence-electron chi connectivity index (χ3n) is 7.81. The second-order valence-corrected chi connectivity index (χ2v) is 9.84. The highest BCUT2D eigenvalue weighted by atomic mass is 16.7. The van der Waals surface area contributed by atoms with Crippen molar-refractivity contribution in [2.75, 3.05) is 26.4 Å². The summed E-state index contributed by atoms with van der Waals surface area (Å²) in [7, 11) is 0. The minimum Gasteiger partial charge on any atom is -0.454 e. The average Bonchev–Trinajstić information content (AvgIpc) is 3.31. The van der Waals surface area contributed by atoms with Crippen LogP contribution in [0.25, 0.3) is 0 Å². The van der Waals surface area contributed by atoms with Crippen LogP contribution in [-0.2, 0) is 16.0 Å². The minimum atomic E-state index is 0.141. The Morgan fingerprint density at radius 1 is 1.09 bits per heavy atom. The lowest BCUT2D eigenvalue weighted by Crippen LogP contribution is -2.40. The fraction of sp³-hybridized carbons (Fsp3) is 0.615. The zero-order chi connectivity index (χ0) is 22.0. The van der Waals surface area contributed by atoms with Crippen molar-refractivity contribution in [1.82, 2.24) is 10.2 Å². The number of carbonyl (C=O) groups excluding carboxylic acids is 2. The molecule has 0 radical (unpaired) electrons. The van der Waals surface area contributed by atoms with E-state index in [1.807, 2.05) is 23.1 Å². The van der Waals surface area contributed by atoms with Crippen LogP contribution in [0.1, 0.15) is 63.4 Å². The Bertz CT molecular complexity index is 901. The van der Waals surface area contributed by atoms with Gasteiger partial charge in [-0.25, -0.2) is 0 Å². The molecule has 2 amide bonds. The number of benzene rings is 1. The van der Waals surface area contributed by atoms with Crippen molar-refractivity contribution in [3.05, 3.63) is 35.4 Å². The van der Waals surface area contributed by atoms with E-state index in [1.165, 1.54) is 31.3 Å². The van der Waals surface area contributed by atoms with Crippen LogP contribution in [0.2, 0.25) is 0 Å². The molecule has 2 aliphatic carbocycles. The molecule has 0 bridgehead atoms. The summed E-state index contributed by atoms with van der Waals surface area (Å²) in [4.78, 5) is 27.4. The van der Waals surface area contributed by atoms with E-state index in [4.69, 9.17) is 9.47 Å². The van der Waals surface area contributed by atoms with Gasteiger partial charge in [-0.05, 0) is 80.9 Å². The zero-order valence-electron chi connectivity index (χ0n) is 18.9. The van der Waals surface area contributed by atoms with Gasteiger partial charge in [0.15, 0.2) is 11.5 Å². The van der Waals surface area contributed by atoms with Crippen molar-refractivity contribution in [2.24, 2.45) is 11.3 Å². The molecule has 6 nitrogen and oxygen atoms in total. The van der Waals surface area contributed by atoms with Gasteiger partial charge in [-0.15, -0.1) is 0 Å². The largest absolute Gasteiger partial charge is 0.454 e. The highest BCUT2D eigenvalue weighted by Crippen LogP contribution is 2.59. The molecule has 6 heteroatoms. The number of nitrogens with zero attached hydrogens (tertiary/aromatic N) is 1. The molecule has 5 rings (SSSR count). The van der Waals surface area contributed by atoms with E-state index < -0.39 is 0 Å². The lowest BCUT2D eigenvalue weighted by Gasteiger charge is -2.33. The Kier molecular flexibility index (Phi) is 6.11. The number of allylic oxidation sites excluding steroid dienone is 1. The van der Waals surface area contributed by atoms with Gasteiger partial charge in [-0.2, -0.15) is 0 Å². The lowest BCUT2D eigenvalue weighted by atomic mass is 9.90. The predicted molar refractivity (Wildman–Crippen MR) is 121 cm³/mol. The minimum absolute atomic E-state index is 0.141. The normalized spacial score (nSPS) is 23.1. The van der Waals surface area contributed by atoms with Gasteiger partial charge >= 0.3 is 0 Å².